The molecule has 40 heavy (non-hydrogen) atoms. The second kappa shape index (κ2) is 10.8. The molecule has 2 aromatic carbocycles. The van der Waals surface area contributed by atoms with Gasteiger partial charge in [-0.15, -0.1) is 10.2 Å². The number of benzene rings is 2. The molecule has 1 atom stereocenters. The van der Waals surface area contributed by atoms with Crippen LogP contribution in [-0.4, -0.2) is 53.1 Å². The standard InChI is InChI=1S/C30H33N5O5/c1-18-6-3-4-8-22(18)29-33-32-28(40-29)19-11-13-35(14-12-19)26-23-10-9-20(39-21-7-5-15-38-17-21)16-24(23)34(2)30(37)25(26)27(31)36/h3-4,6,8-10,16,19,21H,5,7,11-15,17H2,1-2H3,(H2,31,36)/t21-/m1/s1. The van der Waals surface area contributed by atoms with E-state index in [1.165, 1.54) is 4.57 Å². The molecule has 208 valence electrons. The van der Waals surface area contributed by atoms with Gasteiger partial charge in [0, 0.05) is 49.7 Å². The van der Waals surface area contributed by atoms with Gasteiger partial charge in [0.1, 0.15) is 17.4 Å². The van der Waals surface area contributed by atoms with Crippen molar-refractivity contribution < 1.29 is 18.7 Å². The van der Waals surface area contributed by atoms with Crippen molar-refractivity contribution >= 4 is 22.5 Å². The van der Waals surface area contributed by atoms with Crippen LogP contribution in [0.1, 0.15) is 53.4 Å². The molecule has 10 heteroatoms. The number of piperidine rings is 1. The molecule has 2 fully saturated rings. The molecule has 2 N–H and O–H groups in total. The quantitative estimate of drug-likeness (QED) is 0.388. The molecule has 4 heterocycles. The zero-order chi connectivity index (χ0) is 27.8. The van der Waals surface area contributed by atoms with Gasteiger partial charge in [0.25, 0.3) is 11.5 Å². The fourth-order valence-corrected chi connectivity index (χ4v) is 5.79. The molecule has 10 nitrogen and oxygen atoms in total. The summed E-state index contributed by atoms with van der Waals surface area (Å²) in [6, 6.07) is 13.6. The first-order chi connectivity index (χ1) is 19.4. The summed E-state index contributed by atoms with van der Waals surface area (Å²) in [7, 11) is 1.65. The third-order valence-electron chi connectivity index (χ3n) is 7.99. The minimum Gasteiger partial charge on any atom is -0.488 e. The van der Waals surface area contributed by atoms with Gasteiger partial charge in [-0.3, -0.25) is 9.59 Å². The van der Waals surface area contributed by atoms with E-state index in [0.717, 1.165) is 48.8 Å². The first-order valence-electron chi connectivity index (χ1n) is 13.8. The first kappa shape index (κ1) is 26.1. The molecule has 0 aliphatic carbocycles. The van der Waals surface area contributed by atoms with Crippen molar-refractivity contribution in [3.63, 3.8) is 0 Å². The van der Waals surface area contributed by atoms with Gasteiger partial charge in [0.2, 0.25) is 11.8 Å². The molecular weight excluding hydrogens is 510 g/mol. The van der Waals surface area contributed by atoms with E-state index in [9.17, 15) is 9.59 Å². The third-order valence-corrected chi connectivity index (χ3v) is 7.99. The minimum atomic E-state index is -0.737. The smallest absolute Gasteiger partial charge is 0.265 e. The zero-order valence-corrected chi connectivity index (χ0v) is 22.8. The van der Waals surface area contributed by atoms with Crippen LogP contribution in [0.4, 0.5) is 5.69 Å². The van der Waals surface area contributed by atoms with Crippen molar-refractivity contribution in [2.75, 3.05) is 31.2 Å². The van der Waals surface area contributed by atoms with E-state index in [2.05, 4.69) is 15.1 Å². The normalized spacial score (nSPS) is 18.2. The van der Waals surface area contributed by atoms with Crippen LogP contribution in [0.25, 0.3) is 22.4 Å². The number of anilines is 1. The van der Waals surface area contributed by atoms with Crippen LogP contribution in [0.2, 0.25) is 0 Å². The molecule has 0 unspecified atom stereocenters. The van der Waals surface area contributed by atoms with Crippen LogP contribution in [-0.2, 0) is 11.8 Å². The molecule has 2 aromatic heterocycles. The number of amides is 1. The largest absolute Gasteiger partial charge is 0.488 e. The molecule has 2 aliphatic heterocycles. The molecular formula is C30H33N5O5. The fraction of sp³-hybridized carbons (Fsp3) is 0.400. The van der Waals surface area contributed by atoms with E-state index in [4.69, 9.17) is 19.6 Å². The highest BCUT2D eigenvalue weighted by atomic mass is 16.5. The summed E-state index contributed by atoms with van der Waals surface area (Å²) in [5, 5.41) is 9.42. The van der Waals surface area contributed by atoms with E-state index in [-0.39, 0.29) is 17.6 Å². The van der Waals surface area contributed by atoms with Crippen LogP contribution < -0.4 is 20.9 Å². The van der Waals surface area contributed by atoms with Crippen molar-refractivity contribution in [1.29, 1.82) is 0 Å². The third kappa shape index (κ3) is 4.83. The lowest BCUT2D eigenvalue weighted by molar-refractivity contribution is 0.00748. The summed E-state index contributed by atoms with van der Waals surface area (Å²) in [6.07, 6.45) is 3.31. The summed E-state index contributed by atoms with van der Waals surface area (Å²) in [5.74, 6) is 1.13. The van der Waals surface area contributed by atoms with E-state index >= 15 is 0 Å². The second-order valence-corrected chi connectivity index (χ2v) is 10.6. The minimum absolute atomic E-state index is 0.00225. The predicted octanol–water partition coefficient (Wildman–Crippen LogP) is 3.94. The van der Waals surface area contributed by atoms with Crippen LogP contribution in [0, 0.1) is 6.92 Å². The van der Waals surface area contributed by atoms with E-state index < -0.39 is 11.5 Å². The van der Waals surface area contributed by atoms with Crippen molar-refractivity contribution in [2.45, 2.75) is 44.6 Å². The Morgan fingerprint density at radius 2 is 1.90 bits per heavy atom. The maximum Gasteiger partial charge on any atom is 0.265 e. The first-order valence-corrected chi connectivity index (χ1v) is 13.8. The number of carbonyl (C=O) groups is 1. The maximum atomic E-state index is 13.4. The number of ether oxygens (including phenoxy) is 2. The highest BCUT2D eigenvalue weighted by Gasteiger charge is 2.30. The van der Waals surface area contributed by atoms with Gasteiger partial charge in [-0.25, -0.2) is 0 Å². The number of rotatable bonds is 6. The lowest BCUT2D eigenvalue weighted by atomic mass is 9.95. The Bertz CT molecular complexity index is 1610. The Morgan fingerprint density at radius 3 is 2.62 bits per heavy atom. The number of hydrogen-bond donors (Lipinski definition) is 1. The average Bonchev–Trinajstić information content (AvgIpc) is 3.46. The molecule has 0 saturated carbocycles. The Labute approximate surface area is 231 Å². The summed E-state index contributed by atoms with van der Waals surface area (Å²) < 4.78 is 19.3. The van der Waals surface area contributed by atoms with Gasteiger partial charge in [-0.2, -0.15) is 0 Å². The van der Waals surface area contributed by atoms with Gasteiger partial charge >= 0.3 is 0 Å². The number of fused-ring (bicyclic) bond motifs is 1. The van der Waals surface area contributed by atoms with Gasteiger partial charge in [-0.05, 0) is 56.4 Å². The number of carbonyl (C=O) groups excluding carboxylic acids is 1. The number of nitrogens with two attached hydrogens (primary N) is 1. The Kier molecular flexibility index (Phi) is 7.02. The molecule has 0 spiro atoms. The summed E-state index contributed by atoms with van der Waals surface area (Å²) in [5.41, 5.74) is 8.61. The molecule has 0 bridgehead atoms. The van der Waals surface area contributed by atoms with Crippen molar-refractivity contribution in [3.05, 3.63) is 69.8 Å². The number of aryl methyl sites for hydroxylation is 2. The number of primary amides is 1. The Morgan fingerprint density at radius 1 is 1.10 bits per heavy atom. The highest BCUT2D eigenvalue weighted by molar-refractivity contribution is 6.07. The number of aromatic nitrogens is 3. The van der Waals surface area contributed by atoms with Gasteiger partial charge in [0.05, 0.1) is 17.8 Å². The highest BCUT2D eigenvalue weighted by Crippen LogP contribution is 2.36. The molecule has 2 saturated heterocycles. The SMILES string of the molecule is Cc1ccccc1-c1nnc(C2CCN(c3c(C(N)=O)c(=O)n(C)c4cc(O[C@@H]5CCCOC5)ccc34)CC2)o1. The van der Waals surface area contributed by atoms with Crippen molar-refractivity contribution in [3.8, 4) is 17.2 Å². The van der Waals surface area contributed by atoms with Gasteiger partial charge < -0.3 is 29.1 Å². The molecule has 2 aliphatic rings. The Balaban J connectivity index is 1.28. The monoisotopic (exact) mass is 543 g/mol. The number of hydrogen-bond acceptors (Lipinski definition) is 8. The summed E-state index contributed by atoms with van der Waals surface area (Å²) in [4.78, 5) is 28.0. The fourth-order valence-electron chi connectivity index (χ4n) is 5.79. The van der Waals surface area contributed by atoms with Crippen LogP contribution in [0.5, 0.6) is 5.75 Å². The van der Waals surface area contributed by atoms with E-state index in [0.29, 0.717) is 48.4 Å². The van der Waals surface area contributed by atoms with Gasteiger partial charge in [-0.1, -0.05) is 18.2 Å². The van der Waals surface area contributed by atoms with Gasteiger partial charge in [0.15, 0.2) is 0 Å². The maximum absolute atomic E-state index is 13.4. The predicted molar refractivity (Wildman–Crippen MR) is 151 cm³/mol. The lowest BCUT2D eigenvalue weighted by Crippen LogP contribution is -2.38. The number of pyridine rings is 1. The van der Waals surface area contributed by atoms with Crippen LogP contribution >= 0.6 is 0 Å². The summed E-state index contributed by atoms with van der Waals surface area (Å²) >= 11 is 0. The van der Waals surface area contributed by atoms with Crippen LogP contribution in [0.15, 0.2) is 51.7 Å². The van der Waals surface area contributed by atoms with E-state index in [1.54, 1.807) is 7.05 Å². The lowest BCUT2D eigenvalue weighted by Gasteiger charge is -2.34. The zero-order valence-electron chi connectivity index (χ0n) is 22.8. The van der Waals surface area contributed by atoms with Crippen molar-refractivity contribution in [2.24, 2.45) is 12.8 Å². The summed E-state index contributed by atoms with van der Waals surface area (Å²) in [6.45, 7) is 4.52. The molecule has 4 aromatic rings. The second-order valence-electron chi connectivity index (χ2n) is 10.6. The molecule has 6 rings (SSSR count). The number of nitrogens with zero attached hydrogens (tertiary/aromatic N) is 4. The Hall–Kier alpha value is -4.18. The van der Waals surface area contributed by atoms with Crippen LogP contribution in [0.3, 0.4) is 0 Å². The average molecular weight is 544 g/mol. The molecule has 0 radical (unpaired) electrons. The molecule has 1 amide bonds. The topological polar surface area (TPSA) is 126 Å². The van der Waals surface area contributed by atoms with E-state index in [1.807, 2.05) is 49.4 Å². The van der Waals surface area contributed by atoms with Crippen molar-refractivity contribution in [1.82, 2.24) is 14.8 Å².